The van der Waals surface area contributed by atoms with Crippen LogP contribution in [0.15, 0.2) is 146 Å². The van der Waals surface area contributed by atoms with Crippen molar-refractivity contribution in [2.24, 2.45) is 0 Å². The van der Waals surface area contributed by atoms with Crippen molar-refractivity contribution in [3.05, 3.63) is 190 Å². The molecule has 101 heavy (non-hydrogen) atoms. The van der Waals surface area contributed by atoms with Gasteiger partial charge in [-0.05, 0) is 196 Å². The van der Waals surface area contributed by atoms with Gasteiger partial charge in [-0.2, -0.15) is 0 Å². The van der Waals surface area contributed by atoms with Crippen LogP contribution < -0.4 is 47.9 Å². The van der Waals surface area contributed by atoms with E-state index in [1.54, 1.807) is 0 Å². The minimum atomic E-state index is -0.287. The van der Waals surface area contributed by atoms with Gasteiger partial charge in [0, 0.05) is 67.8 Å². The van der Waals surface area contributed by atoms with Gasteiger partial charge >= 0.3 is 19.5 Å². The Morgan fingerprint density at radius 2 is 0.574 bits per heavy atom. The number of aromatic nitrogens is 8. The minimum Gasteiger partial charge on any atom is -0.489 e. The average molecular weight is 1400 g/mol. The summed E-state index contributed by atoms with van der Waals surface area (Å²) >= 11 is 0. The molecule has 3 aliphatic carbocycles. The first-order chi connectivity index (χ1) is 48.7. The Morgan fingerprint density at radius 1 is 0.307 bits per heavy atom. The third-order valence-electron chi connectivity index (χ3n) is 20.0. The average Bonchev–Trinajstić information content (AvgIpc) is 0.958. The van der Waals surface area contributed by atoms with Gasteiger partial charge in [0.05, 0.1) is 59.9 Å². The summed E-state index contributed by atoms with van der Waals surface area (Å²) in [5, 5.41) is 2.87. The van der Waals surface area contributed by atoms with Crippen LogP contribution in [0.25, 0.3) is 89.7 Å². The first-order valence-electron chi connectivity index (χ1n) is 35.7. The van der Waals surface area contributed by atoms with Gasteiger partial charge < -0.3 is 67.8 Å². The van der Waals surface area contributed by atoms with Gasteiger partial charge in [-0.25, -0.2) is 9.97 Å². The molecular formula is C84H84N8O8Zn. The monoisotopic (exact) mass is 1400 g/mol. The van der Waals surface area contributed by atoms with Crippen molar-refractivity contribution < 1.29 is 57.4 Å². The van der Waals surface area contributed by atoms with Crippen molar-refractivity contribution in [3.63, 3.8) is 0 Å². The fourth-order valence-corrected chi connectivity index (χ4v) is 13.5. The second kappa shape index (κ2) is 28.6. The Hall–Kier alpha value is -9.86. The van der Waals surface area contributed by atoms with E-state index < -0.39 is 0 Å². The number of ether oxygens (including phenoxy) is 8. The number of hydrogen-bond donors (Lipinski definition) is 0. The van der Waals surface area contributed by atoms with Crippen molar-refractivity contribution in [2.75, 3.05) is 0 Å². The quantitative estimate of drug-likeness (QED) is 0.0521. The van der Waals surface area contributed by atoms with Crippen LogP contribution in [0.2, 0.25) is 0 Å². The number of benzene rings is 8. The molecule has 8 atom stereocenters. The van der Waals surface area contributed by atoms with E-state index in [1.807, 2.05) is 72.8 Å². The second-order valence-corrected chi connectivity index (χ2v) is 27.0. The zero-order valence-corrected chi connectivity index (χ0v) is 62.6. The van der Waals surface area contributed by atoms with Crippen LogP contribution in [-0.2, 0) is 32.7 Å². The molecule has 5 heterocycles. The van der Waals surface area contributed by atoms with Gasteiger partial charge in [-0.3, -0.25) is 0 Å². The summed E-state index contributed by atoms with van der Waals surface area (Å²) in [5.74, 6) is 5.85. The predicted octanol–water partition coefficient (Wildman–Crippen LogP) is 19.3. The SMILES string of the molecule is CCC(C)Oc1cc2c(cc1OC(C)CC)-c1nc-2nc2[n-]c(nc3nc(nc4[n-]c(n1)c1cc5c(cc41)[C@@H]1c4ccccc4[C@H]5c4c(OCc5ccccc5)ccc(OCc5ccccc5)c41)-c1cc(OC(C)CC)c(OC(C)CC)cc1-3)c1cc(OC(C)CC)c(OC(C)CC)cc21.[Zn+2]. The molecule has 0 fully saturated rings. The first-order valence-corrected chi connectivity index (χ1v) is 35.7. The van der Waals surface area contributed by atoms with Crippen LogP contribution in [0.3, 0.4) is 0 Å². The molecule has 17 heteroatoms. The van der Waals surface area contributed by atoms with Crippen LogP contribution >= 0.6 is 0 Å². The zero-order valence-electron chi connectivity index (χ0n) is 59.7. The molecule has 0 amide bonds. The molecular weight excluding hydrogens is 1310 g/mol. The van der Waals surface area contributed by atoms with Crippen LogP contribution in [0.4, 0.5) is 0 Å². The topological polar surface area (TPSA) is 179 Å². The molecule has 16 nitrogen and oxygen atoms in total. The van der Waals surface area contributed by atoms with Crippen LogP contribution in [0.1, 0.15) is 178 Å². The fraction of sp³-hybridized carbons (Fsp3) is 0.333. The van der Waals surface area contributed by atoms with Gasteiger partial charge in [0.15, 0.2) is 34.5 Å². The van der Waals surface area contributed by atoms with Crippen LogP contribution in [0, 0.1) is 0 Å². The van der Waals surface area contributed by atoms with E-state index in [0.717, 1.165) is 94.2 Å². The Labute approximate surface area is 602 Å². The van der Waals surface area contributed by atoms with Gasteiger partial charge in [-0.1, -0.05) is 126 Å². The summed E-state index contributed by atoms with van der Waals surface area (Å²) in [4.78, 5) is 44.1. The predicted molar refractivity (Wildman–Crippen MR) is 393 cm³/mol. The Morgan fingerprint density at radius 3 is 0.861 bits per heavy atom. The molecule has 0 radical (unpaired) electrons. The first kappa shape index (κ1) is 68.3. The maximum absolute atomic E-state index is 7.01. The van der Waals surface area contributed by atoms with Gasteiger partial charge in [0.2, 0.25) is 0 Å². The molecule has 0 saturated carbocycles. The van der Waals surface area contributed by atoms with Crippen LogP contribution in [-0.4, -0.2) is 66.5 Å². The molecule has 0 saturated heterocycles. The van der Waals surface area contributed by atoms with Gasteiger partial charge in [0.25, 0.3) is 0 Å². The van der Waals surface area contributed by atoms with E-state index in [0.29, 0.717) is 127 Å². The molecule has 3 aromatic heterocycles. The molecule has 6 unspecified atom stereocenters. The molecule has 16 rings (SSSR count). The Balaban J connectivity index is 0.00000866. The van der Waals surface area contributed by atoms with Crippen molar-refractivity contribution in [3.8, 4) is 91.5 Å². The molecule has 2 aliphatic heterocycles. The summed E-state index contributed by atoms with van der Waals surface area (Å²) in [6, 6.07) is 50.0. The van der Waals surface area contributed by atoms with E-state index in [9.17, 15) is 0 Å². The number of nitrogens with zero attached hydrogens (tertiary/aromatic N) is 8. The number of rotatable bonds is 24. The van der Waals surface area contributed by atoms with Crippen molar-refractivity contribution in [2.45, 2.75) is 183 Å². The van der Waals surface area contributed by atoms with Crippen molar-refractivity contribution >= 4 is 44.1 Å². The van der Waals surface area contributed by atoms with E-state index in [1.165, 1.54) is 11.1 Å². The van der Waals surface area contributed by atoms with Crippen molar-refractivity contribution in [1.82, 2.24) is 39.9 Å². The van der Waals surface area contributed by atoms with E-state index >= 15 is 0 Å². The van der Waals surface area contributed by atoms with Gasteiger partial charge in [0.1, 0.15) is 24.7 Å². The zero-order chi connectivity index (χ0) is 69.0. The largest absolute Gasteiger partial charge is 2.00 e. The summed E-state index contributed by atoms with van der Waals surface area (Å²) in [5.41, 5.74) is 13.1. The second-order valence-electron chi connectivity index (χ2n) is 27.0. The Kier molecular flexibility index (Phi) is 19.4. The summed E-state index contributed by atoms with van der Waals surface area (Å²) in [7, 11) is 0. The molecule has 0 N–H and O–H groups in total. The molecule has 8 aromatic carbocycles. The van der Waals surface area contributed by atoms with Gasteiger partial charge in [-0.15, -0.1) is 0 Å². The summed E-state index contributed by atoms with van der Waals surface area (Å²) in [6.07, 6.45) is 3.77. The molecule has 11 aromatic rings. The number of hydrogen-bond acceptors (Lipinski definition) is 14. The third-order valence-corrected chi connectivity index (χ3v) is 20.0. The summed E-state index contributed by atoms with van der Waals surface area (Å²) < 4.78 is 54.6. The standard InChI is InChI=1S/C84H84N8O8.Zn/c1-13-45(7)95-67-37-59-61(39-69(67)97-47(9)15-3)81-88-79(59)86-77-57-35-55-56(74-54-32-26-25-31-53(54)73(55)75-65(93-43-51-27-21-19-22-28-51)33-34-66(76(74)75)94-44-52-29-23-20-24-30-52)36-58(57)78(85-77)87-80-60-38-68(96-46(8)14-2)70(98-48(10)16-4)40-62(60)82(89-80)91-84-64-42-72(100-50(12)18-6)71(99-49(11)17-5)41-63(64)83(90-81)92-84;/h19-42,45-50,73-74H,13-18,43-44H2,1-12H3;/q-2;+2/t45?,46?,47?,48?,49?,50?,73-,74+;. The normalized spacial score (nSPS) is 15.5. The summed E-state index contributed by atoms with van der Waals surface area (Å²) in [6.45, 7) is 25.7. The maximum atomic E-state index is 7.01. The molecule has 10 bridgehead atoms. The molecule has 0 spiro atoms. The van der Waals surface area contributed by atoms with E-state index in [-0.39, 0.29) is 67.9 Å². The van der Waals surface area contributed by atoms with Crippen molar-refractivity contribution in [1.29, 1.82) is 0 Å². The molecule has 510 valence electrons. The number of fused-ring (bicyclic) bond motifs is 20. The maximum Gasteiger partial charge on any atom is 2.00 e. The smallest absolute Gasteiger partial charge is 0.489 e. The minimum absolute atomic E-state index is 0. The van der Waals surface area contributed by atoms with E-state index in [4.69, 9.17) is 77.8 Å². The van der Waals surface area contributed by atoms with E-state index in [2.05, 4.69) is 156 Å². The molecule has 5 aliphatic rings. The third kappa shape index (κ3) is 13.0. The Bertz CT molecular complexity index is 4810. The van der Waals surface area contributed by atoms with Crippen LogP contribution in [0.5, 0.6) is 46.0 Å². The fourth-order valence-electron chi connectivity index (χ4n) is 13.5.